The molecule has 138 valence electrons. The van der Waals surface area contributed by atoms with Crippen LogP contribution in [0, 0.1) is 5.82 Å². The quantitative estimate of drug-likeness (QED) is 0.645. The number of nitrogens with one attached hydrogen (secondary N) is 2. The number of anilines is 3. The average Bonchev–Trinajstić information content (AvgIpc) is 2.65. The second-order valence-corrected chi connectivity index (χ2v) is 6.18. The van der Waals surface area contributed by atoms with Crippen LogP contribution < -0.4 is 15.4 Å². The number of carbonyl (C=O) groups is 1. The summed E-state index contributed by atoms with van der Waals surface area (Å²) in [4.78, 5) is 16.4. The molecule has 0 bridgehead atoms. The van der Waals surface area contributed by atoms with E-state index in [-0.39, 0.29) is 17.8 Å². The first kappa shape index (κ1) is 18.4. The van der Waals surface area contributed by atoms with Gasteiger partial charge in [0.1, 0.15) is 17.4 Å². The number of benzene rings is 2. The van der Waals surface area contributed by atoms with E-state index < -0.39 is 0 Å². The van der Waals surface area contributed by atoms with Gasteiger partial charge in [-0.2, -0.15) is 0 Å². The highest BCUT2D eigenvalue weighted by molar-refractivity contribution is 6.03. The highest BCUT2D eigenvalue weighted by Crippen LogP contribution is 2.28. The molecule has 2 N–H and O–H groups in total. The normalized spacial score (nSPS) is 10.5. The van der Waals surface area contributed by atoms with E-state index in [1.807, 2.05) is 38.1 Å². The largest absolute Gasteiger partial charge is 0.489 e. The van der Waals surface area contributed by atoms with Gasteiger partial charge in [0.25, 0.3) is 5.91 Å². The third-order valence-corrected chi connectivity index (χ3v) is 3.64. The van der Waals surface area contributed by atoms with Crippen LogP contribution in [-0.2, 0) is 0 Å². The van der Waals surface area contributed by atoms with Crippen LogP contribution in [0.5, 0.6) is 5.75 Å². The van der Waals surface area contributed by atoms with Crippen molar-refractivity contribution in [3.63, 3.8) is 0 Å². The molecule has 0 saturated heterocycles. The van der Waals surface area contributed by atoms with Crippen molar-refractivity contribution < 1.29 is 13.9 Å². The number of halogens is 1. The lowest BCUT2D eigenvalue weighted by Gasteiger charge is -2.15. The first-order valence-corrected chi connectivity index (χ1v) is 8.57. The van der Waals surface area contributed by atoms with Gasteiger partial charge in [-0.25, -0.2) is 9.37 Å². The molecule has 0 aliphatic heterocycles. The number of pyridine rings is 1. The summed E-state index contributed by atoms with van der Waals surface area (Å²) in [7, 11) is 0. The van der Waals surface area contributed by atoms with Crippen molar-refractivity contribution in [2.24, 2.45) is 0 Å². The smallest absolute Gasteiger partial charge is 0.256 e. The molecular formula is C21H20FN3O2. The average molecular weight is 365 g/mol. The molecule has 5 nitrogen and oxygen atoms in total. The standard InChI is InChI=1S/C21H20FN3O2/c1-14(2)27-19-6-4-3-5-18(19)24-17-11-12-20(23-13-17)25-21(26)15-7-9-16(22)10-8-15/h3-14,24H,1-2H3,(H,23,25,26). The molecule has 1 amide bonds. The Bertz CT molecular complexity index is 909. The van der Waals surface area contributed by atoms with Crippen molar-refractivity contribution in [1.29, 1.82) is 0 Å². The van der Waals surface area contributed by atoms with Crippen molar-refractivity contribution in [3.8, 4) is 5.75 Å². The van der Waals surface area contributed by atoms with Crippen LogP contribution in [0.4, 0.5) is 21.6 Å². The van der Waals surface area contributed by atoms with Crippen LogP contribution in [0.1, 0.15) is 24.2 Å². The van der Waals surface area contributed by atoms with E-state index in [0.29, 0.717) is 11.4 Å². The van der Waals surface area contributed by atoms with Crippen LogP contribution in [0.25, 0.3) is 0 Å². The summed E-state index contributed by atoms with van der Waals surface area (Å²) in [6.45, 7) is 3.94. The molecule has 3 aromatic rings. The van der Waals surface area contributed by atoms with Gasteiger partial charge in [-0.15, -0.1) is 0 Å². The van der Waals surface area contributed by atoms with Crippen molar-refractivity contribution >= 4 is 23.1 Å². The monoisotopic (exact) mass is 365 g/mol. The topological polar surface area (TPSA) is 63.2 Å². The van der Waals surface area contributed by atoms with Gasteiger partial charge in [0.2, 0.25) is 0 Å². The number of amides is 1. The molecule has 1 heterocycles. The maximum Gasteiger partial charge on any atom is 0.256 e. The van der Waals surface area contributed by atoms with Crippen molar-refractivity contribution in [3.05, 3.63) is 78.2 Å². The first-order chi connectivity index (χ1) is 13.0. The Hall–Kier alpha value is -3.41. The van der Waals surface area contributed by atoms with E-state index in [9.17, 15) is 9.18 Å². The van der Waals surface area contributed by atoms with Crippen LogP contribution in [0.3, 0.4) is 0 Å². The third kappa shape index (κ3) is 5.04. The van der Waals surface area contributed by atoms with Gasteiger partial charge in [-0.1, -0.05) is 12.1 Å². The van der Waals surface area contributed by atoms with Gasteiger partial charge in [0.15, 0.2) is 0 Å². The van der Waals surface area contributed by atoms with Gasteiger partial charge < -0.3 is 15.4 Å². The molecule has 1 aromatic heterocycles. The van der Waals surface area contributed by atoms with E-state index in [1.165, 1.54) is 24.3 Å². The molecule has 0 fully saturated rings. The summed E-state index contributed by atoms with van der Waals surface area (Å²) >= 11 is 0. The predicted octanol–water partition coefficient (Wildman–Crippen LogP) is 5.00. The fraction of sp³-hybridized carbons (Fsp3) is 0.143. The fourth-order valence-corrected chi connectivity index (χ4v) is 2.41. The molecule has 0 unspecified atom stereocenters. The summed E-state index contributed by atoms with van der Waals surface area (Å²) < 4.78 is 18.7. The molecule has 0 atom stereocenters. The van der Waals surface area contributed by atoms with Gasteiger partial charge in [-0.3, -0.25) is 4.79 Å². The Kier molecular flexibility index (Phi) is 5.66. The third-order valence-electron chi connectivity index (χ3n) is 3.64. The summed E-state index contributed by atoms with van der Waals surface area (Å²) in [5.41, 5.74) is 1.95. The van der Waals surface area contributed by atoms with E-state index >= 15 is 0 Å². The van der Waals surface area contributed by atoms with Crippen molar-refractivity contribution in [1.82, 2.24) is 4.98 Å². The molecule has 6 heteroatoms. The van der Waals surface area contributed by atoms with Gasteiger partial charge in [0.05, 0.1) is 23.7 Å². The summed E-state index contributed by atoms with van der Waals surface area (Å²) in [6, 6.07) is 16.5. The minimum absolute atomic E-state index is 0.0649. The minimum atomic E-state index is -0.387. The second-order valence-electron chi connectivity index (χ2n) is 6.18. The zero-order valence-electron chi connectivity index (χ0n) is 15.1. The lowest BCUT2D eigenvalue weighted by Crippen LogP contribution is -2.12. The van der Waals surface area contributed by atoms with E-state index in [4.69, 9.17) is 4.74 Å². The number of aromatic nitrogens is 1. The number of ether oxygens (including phenoxy) is 1. The minimum Gasteiger partial charge on any atom is -0.489 e. The van der Waals surface area contributed by atoms with E-state index in [1.54, 1.807) is 18.3 Å². The van der Waals surface area contributed by atoms with Crippen LogP contribution in [0.2, 0.25) is 0 Å². The molecule has 0 aliphatic rings. The molecule has 27 heavy (non-hydrogen) atoms. The number of hydrogen-bond acceptors (Lipinski definition) is 4. The Morgan fingerprint density at radius 2 is 1.78 bits per heavy atom. The highest BCUT2D eigenvalue weighted by Gasteiger charge is 2.08. The summed E-state index contributed by atoms with van der Waals surface area (Å²) in [5, 5.41) is 5.94. The Labute approximate surface area is 157 Å². The van der Waals surface area contributed by atoms with Crippen LogP contribution in [0.15, 0.2) is 66.9 Å². The Balaban J connectivity index is 1.67. The molecule has 0 radical (unpaired) electrons. The molecule has 0 spiro atoms. The molecule has 3 rings (SSSR count). The second kappa shape index (κ2) is 8.31. The van der Waals surface area contributed by atoms with Gasteiger partial charge >= 0.3 is 0 Å². The van der Waals surface area contributed by atoms with E-state index in [2.05, 4.69) is 15.6 Å². The van der Waals surface area contributed by atoms with E-state index in [0.717, 1.165) is 17.1 Å². The van der Waals surface area contributed by atoms with Crippen LogP contribution >= 0.6 is 0 Å². The van der Waals surface area contributed by atoms with Gasteiger partial charge in [-0.05, 0) is 62.4 Å². The summed E-state index contributed by atoms with van der Waals surface area (Å²) in [5.74, 6) is 0.420. The number of carbonyl (C=O) groups excluding carboxylic acids is 1. The zero-order valence-corrected chi connectivity index (χ0v) is 15.1. The zero-order chi connectivity index (χ0) is 19.2. The summed E-state index contributed by atoms with van der Waals surface area (Å²) in [6.07, 6.45) is 1.68. The van der Waals surface area contributed by atoms with Gasteiger partial charge in [0, 0.05) is 5.56 Å². The highest BCUT2D eigenvalue weighted by atomic mass is 19.1. The lowest BCUT2D eigenvalue weighted by molar-refractivity contribution is 0.102. The Morgan fingerprint density at radius 1 is 1.04 bits per heavy atom. The SMILES string of the molecule is CC(C)Oc1ccccc1Nc1ccc(NC(=O)c2ccc(F)cc2)nc1. The molecule has 0 aliphatic carbocycles. The first-order valence-electron chi connectivity index (χ1n) is 8.57. The fourth-order valence-electron chi connectivity index (χ4n) is 2.41. The Morgan fingerprint density at radius 3 is 2.44 bits per heavy atom. The van der Waals surface area contributed by atoms with Crippen molar-refractivity contribution in [2.45, 2.75) is 20.0 Å². The van der Waals surface area contributed by atoms with Crippen LogP contribution in [-0.4, -0.2) is 17.0 Å². The maximum atomic E-state index is 12.9. The number of para-hydroxylation sites is 2. The number of nitrogens with zero attached hydrogens (tertiary/aromatic N) is 1. The number of hydrogen-bond donors (Lipinski definition) is 2. The lowest BCUT2D eigenvalue weighted by atomic mass is 10.2. The maximum absolute atomic E-state index is 12.9. The number of rotatable bonds is 6. The molecule has 2 aromatic carbocycles. The van der Waals surface area contributed by atoms with Crippen molar-refractivity contribution in [2.75, 3.05) is 10.6 Å². The predicted molar refractivity (Wildman–Crippen MR) is 104 cm³/mol. The molecule has 0 saturated carbocycles. The molecular weight excluding hydrogens is 345 g/mol.